The summed E-state index contributed by atoms with van der Waals surface area (Å²) in [4.78, 5) is 22.3. The number of rotatable bonds is 2. The van der Waals surface area contributed by atoms with Gasteiger partial charge in [-0.2, -0.15) is 0 Å². The predicted octanol–water partition coefficient (Wildman–Crippen LogP) is 3.15. The Morgan fingerprint density at radius 1 is 1.35 bits per heavy atom. The minimum atomic E-state index is 0.0867. The van der Waals surface area contributed by atoms with Gasteiger partial charge in [-0.1, -0.05) is 18.2 Å². The molecule has 5 nitrogen and oxygen atoms in total. The third kappa shape index (κ3) is 2.52. The average Bonchev–Trinajstić information content (AvgIpc) is 3.20. The van der Waals surface area contributed by atoms with Gasteiger partial charge in [0.25, 0.3) is 5.91 Å². The molecule has 118 valence electrons. The number of aryl methyl sites for hydroxylation is 1. The fourth-order valence-corrected chi connectivity index (χ4v) is 3.50. The molecule has 1 fully saturated rings. The van der Waals surface area contributed by atoms with Gasteiger partial charge in [-0.15, -0.1) is 0 Å². The number of H-pyrrole nitrogens is 1. The Hall–Kier alpha value is -2.56. The molecule has 2 aromatic heterocycles. The zero-order valence-corrected chi connectivity index (χ0v) is 13.2. The third-order valence-electron chi connectivity index (χ3n) is 4.70. The van der Waals surface area contributed by atoms with Crippen molar-refractivity contribution in [2.45, 2.75) is 25.8 Å². The number of aromatic nitrogens is 3. The number of carbonyl (C=O) groups is 1. The van der Waals surface area contributed by atoms with E-state index < -0.39 is 0 Å². The largest absolute Gasteiger partial charge is 0.351 e. The van der Waals surface area contributed by atoms with Gasteiger partial charge >= 0.3 is 0 Å². The number of amides is 1. The highest BCUT2D eigenvalue weighted by Crippen LogP contribution is 2.24. The summed E-state index contributed by atoms with van der Waals surface area (Å²) < 4.78 is 2.19. The first-order valence-electron chi connectivity index (χ1n) is 8.09. The van der Waals surface area contributed by atoms with Crippen LogP contribution in [0.25, 0.3) is 10.9 Å². The van der Waals surface area contributed by atoms with E-state index >= 15 is 0 Å². The highest BCUT2D eigenvalue weighted by atomic mass is 16.2. The van der Waals surface area contributed by atoms with E-state index in [1.807, 2.05) is 54.5 Å². The van der Waals surface area contributed by atoms with Crippen molar-refractivity contribution in [1.82, 2.24) is 19.4 Å². The molecule has 1 atom stereocenters. The molecule has 4 rings (SSSR count). The Bertz CT molecular complexity index is 814. The van der Waals surface area contributed by atoms with Gasteiger partial charge in [0.15, 0.2) is 0 Å². The number of nitrogens with zero attached hydrogens (tertiary/aromatic N) is 3. The molecule has 23 heavy (non-hydrogen) atoms. The first kappa shape index (κ1) is 14.1. The van der Waals surface area contributed by atoms with Crippen LogP contribution in [0.1, 0.15) is 35.2 Å². The second-order valence-electron chi connectivity index (χ2n) is 6.20. The van der Waals surface area contributed by atoms with E-state index in [0.29, 0.717) is 11.7 Å². The number of para-hydroxylation sites is 1. The lowest BCUT2D eigenvalue weighted by atomic mass is 10.0. The van der Waals surface area contributed by atoms with E-state index in [2.05, 4.69) is 14.5 Å². The van der Waals surface area contributed by atoms with Crippen LogP contribution in [0.5, 0.6) is 0 Å². The molecule has 1 aliphatic rings. The summed E-state index contributed by atoms with van der Waals surface area (Å²) in [5, 5.41) is 1.08. The van der Waals surface area contributed by atoms with Crippen LogP contribution in [-0.2, 0) is 0 Å². The summed E-state index contributed by atoms with van der Waals surface area (Å²) in [5.74, 6) is 1.10. The zero-order chi connectivity index (χ0) is 15.8. The van der Waals surface area contributed by atoms with Crippen LogP contribution in [-0.4, -0.2) is 38.4 Å². The fourth-order valence-electron chi connectivity index (χ4n) is 3.50. The molecule has 1 N–H and O–H groups in total. The standard InChI is InChI=1S/C18H20N4O/c1-13-19-8-10-22(13)15-6-4-9-21(12-15)18(23)17-11-14-5-2-3-7-16(14)20-17/h2-3,5,7-8,10-11,15,20H,4,6,9,12H2,1H3. The fraction of sp³-hybridized carbons (Fsp3) is 0.333. The molecule has 0 radical (unpaired) electrons. The molecule has 3 heterocycles. The van der Waals surface area contributed by atoms with Crippen molar-refractivity contribution in [3.05, 3.63) is 54.2 Å². The monoisotopic (exact) mass is 308 g/mol. The number of nitrogens with one attached hydrogen (secondary N) is 1. The number of benzene rings is 1. The molecule has 1 saturated heterocycles. The summed E-state index contributed by atoms with van der Waals surface area (Å²) in [7, 11) is 0. The number of carbonyl (C=O) groups excluding carboxylic acids is 1. The highest BCUT2D eigenvalue weighted by molar-refractivity contribution is 5.98. The predicted molar refractivity (Wildman–Crippen MR) is 89.4 cm³/mol. The van der Waals surface area contributed by atoms with Crippen LogP contribution in [0, 0.1) is 6.92 Å². The van der Waals surface area contributed by atoms with Gasteiger partial charge in [-0.3, -0.25) is 4.79 Å². The number of aromatic amines is 1. The second-order valence-corrected chi connectivity index (χ2v) is 6.20. The van der Waals surface area contributed by atoms with Gasteiger partial charge in [0.05, 0.1) is 6.04 Å². The number of fused-ring (bicyclic) bond motifs is 1. The van der Waals surface area contributed by atoms with Gasteiger partial charge in [-0.25, -0.2) is 4.98 Å². The summed E-state index contributed by atoms with van der Waals surface area (Å²) >= 11 is 0. The molecule has 0 spiro atoms. The lowest BCUT2D eigenvalue weighted by molar-refractivity contribution is 0.0673. The number of piperidine rings is 1. The summed E-state index contributed by atoms with van der Waals surface area (Å²) in [6.07, 6.45) is 5.95. The Morgan fingerprint density at radius 2 is 2.22 bits per heavy atom. The molecule has 1 aromatic carbocycles. The topological polar surface area (TPSA) is 53.9 Å². The first-order chi connectivity index (χ1) is 11.2. The quantitative estimate of drug-likeness (QED) is 0.790. The van der Waals surface area contributed by atoms with Gasteiger partial charge in [0.2, 0.25) is 0 Å². The van der Waals surface area contributed by atoms with Gasteiger partial charge < -0.3 is 14.5 Å². The van der Waals surface area contributed by atoms with Crippen LogP contribution in [0.15, 0.2) is 42.7 Å². The maximum atomic E-state index is 12.8. The van der Waals surface area contributed by atoms with Crippen molar-refractivity contribution >= 4 is 16.8 Å². The molecule has 0 aliphatic carbocycles. The SMILES string of the molecule is Cc1nccn1C1CCCN(C(=O)c2cc3ccccc3[nH]2)C1. The van der Waals surface area contributed by atoms with Crippen molar-refractivity contribution in [3.63, 3.8) is 0 Å². The van der Waals surface area contributed by atoms with Gasteiger partial charge in [-0.05, 0) is 31.9 Å². The number of hydrogen-bond donors (Lipinski definition) is 1. The van der Waals surface area contributed by atoms with Crippen molar-refractivity contribution in [2.75, 3.05) is 13.1 Å². The van der Waals surface area contributed by atoms with Crippen LogP contribution in [0.2, 0.25) is 0 Å². The normalized spacial score (nSPS) is 18.5. The maximum Gasteiger partial charge on any atom is 0.270 e. The number of imidazole rings is 1. The van der Waals surface area contributed by atoms with Crippen LogP contribution >= 0.6 is 0 Å². The Morgan fingerprint density at radius 3 is 3.00 bits per heavy atom. The van der Waals surface area contributed by atoms with Crippen molar-refractivity contribution in [1.29, 1.82) is 0 Å². The van der Waals surface area contributed by atoms with E-state index in [4.69, 9.17) is 0 Å². The zero-order valence-electron chi connectivity index (χ0n) is 13.2. The van der Waals surface area contributed by atoms with Crippen molar-refractivity contribution in [3.8, 4) is 0 Å². The summed E-state index contributed by atoms with van der Waals surface area (Å²) in [5.41, 5.74) is 1.68. The molecule has 1 aliphatic heterocycles. The van der Waals surface area contributed by atoms with Crippen LogP contribution in [0.4, 0.5) is 0 Å². The number of likely N-dealkylation sites (tertiary alicyclic amines) is 1. The Kier molecular flexibility index (Phi) is 3.41. The van der Waals surface area contributed by atoms with E-state index in [-0.39, 0.29) is 5.91 Å². The highest BCUT2D eigenvalue weighted by Gasteiger charge is 2.26. The van der Waals surface area contributed by atoms with Crippen molar-refractivity contribution in [2.24, 2.45) is 0 Å². The molecule has 3 aromatic rings. The molecular formula is C18H20N4O. The van der Waals surface area contributed by atoms with E-state index in [1.165, 1.54) is 0 Å². The maximum absolute atomic E-state index is 12.8. The third-order valence-corrected chi connectivity index (χ3v) is 4.70. The molecule has 0 saturated carbocycles. The number of hydrogen-bond acceptors (Lipinski definition) is 2. The lowest BCUT2D eigenvalue weighted by Gasteiger charge is -2.33. The second kappa shape index (κ2) is 5.57. The molecule has 1 amide bonds. The van der Waals surface area contributed by atoms with E-state index in [1.54, 1.807) is 0 Å². The summed E-state index contributed by atoms with van der Waals surface area (Å²) in [6, 6.07) is 10.3. The van der Waals surface area contributed by atoms with Gasteiger partial charge in [0.1, 0.15) is 11.5 Å². The molecular weight excluding hydrogens is 288 g/mol. The molecule has 0 bridgehead atoms. The summed E-state index contributed by atoms with van der Waals surface area (Å²) in [6.45, 7) is 3.57. The van der Waals surface area contributed by atoms with Gasteiger partial charge in [0, 0.05) is 36.4 Å². The molecule has 1 unspecified atom stereocenters. The first-order valence-corrected chi connectivity index (χ1v) is 8.09. The van der Waals surface area contributed by atoms with Crippen LogP contribution < -0.4 is 0 Å². The van der Waals surface area contributed by atoms with Crippen LogP contribution in [0.3, 0.4) is 0 Å². The van der Waals surface area contributed by atoms with E-state index in [0.717, 1.165) is 42.7 Å². The smallest absolute Gasteiger partial charge is 0.270 e. The molecule has 5 heteroatoms. The van der Waals surface area contributed by atoms with E-state index in [9.17, 15) is 4.79 Å². The Balaban J connectivity index is 1.57. The lowest BCUT2D eigenvalue weighted by Crippen LogP contribution is -2.41. The van der Waals surface area contributed by atoms with Crippen molar-refractivity contribution < 1.29 is 4.79 Å². The minimum absolute atomic E-state index is 0.0867. The average molecular weight is 308 g/mol. The Labute approximate surface area is 134 Å². The minimum Gasteiger partial charge on any atom is -0.351 e.